The SMILES string of the molecule is Cc1cc(S(C)(=O)=O)cc(S(=O)(=O)Oc2ccc(OCC(O)CON=C(N)N)cc2)c1. The fraction of sp³-hybridized carbons (Fsp3) is 0.278. The minimum Gasteiger partial charge on any atom is -0.491 e. The van der Waals surface area contributed by atoms with Crippen molar-refractivity contribution < 1.29 is 35.7 Å². The number of rotatable bonds is 10. The number of hydrogen-bond acceptors (Lipinski definition) is 9. The van der Waals surface area contributed by atoms with Crippen LogP contribution in [0.2, 0.25) is 0 Å². The van der Waals surface area contributed by atoms with E-state index in [-0.39, 0.29) is 34.7 Å². The highest BCUT2D eigenvalue weighted by atomic mass is 32.2. The van der Waals surface area contributed by atoms with Crippen molar-refractivity contribution in [3.05, 3.63) is 48.0 Å². The summed E-state index contributed by atoms with van der Waals surface area (Å²) in [5.74, 6) is 0.0452. The van der Waals surface area contributed by atoms with Gasteiger partial charge in [0.05, 0.1) is 4.90 Å². The molecular formula is C18H23N3O8S2. The minimum absolute atomic E-state index is 0.00796. The van der Waals surface area contributed by atoms with Gasteiger partial charge in [-0.05, 0) is 60.1 Å². The van der Waals surface area contributed by atoms with Gasteiger partial charge in [-0.3, -0.25) is 0 Å². The summed E-state index contributed by atoms with van der Waals surface area (Å²) in [5.41, 5.74) is 10.6. The zero-order valence-corrected chi connectivity index (χ0v) is 18.4. The number of hydrogen-bond donors (Lipinski definition) is 3. The molecule has 0 fully saturated rings. The Balaban J connectivity index is 2.04. The van der Waals surface area contributed by atoms with Gasteiger partial charge in [0.15, 0.2) is 9.84 Å². The fourth-order valence-corrected chi connectivity index (χ4v) is 4.15. The third-order valence-corrected chi connectivity index (χ3v) is 5.97. The van der Waals surface area contributed by atoms with E-state index >= 15 is 0 Å². The van der Waals surface area contributed by atoms with Crippen LogP contribution in [-0.4, -0.2) is 53.5 Å². The number of ether oxygens (including phenoxy) is 1. The Morgan fingerprint density at radius 1 is 1.00 bits per heavy atom. The first kappa shape index (κ1) is 24.2. The lowest BCUT2D eigenvalue weighted by Crippen LogP contribution is -2.26. The standard InChI is InChI=1S/C18H23N3O8S2/c1-12-7-16(30(2,23)24)9-17(8-12)31(25,26)29-15-5-3-14(4-6-15)27-10-13(22)11-28-21-18(19)20/h3-9,13,22H,10-11H2,1-2H3,(H4,19,20,21). The van der Waals surface area contributed by atoms with E-state index in [1.807, 2.05) is 0 Å². The van der Waals surface area contributed by atoms with Crippen molar-refractivity contribution in [1.29, 1.82) is 0 Å². The Hall–Kier alpha value is -3.03. The van der Waals surface area contributed by atoms with Gasteiger partial charge in [-0.25, -0.2) is 8.42 Å². The van der Waals surface area contributed by atoms with Crippen LogP contribution in [0.25, 0.3) is 0 Å². The topological polar surface area (TPSA) is 181 Å². The van der Waals surface area contributed by atoms with Gasteiger partial charge in [-0.2, -0.15) is 8.42 Å². The lowest BCUT2D eigenvalue weighted by molar-refractivity contribution is 0.0141. The number of aliphatic hydroxyl groups excluding tert-OH is 1. The number of guanidine groups is 1. The zero-order chi connectivity index (χ0) is 23.2. The first-order valence-corrected chi connectivity index (χ1v) is 12.0. The molecule has 2 aromatic carbocycles. The van der Waals surface area contributed by atoms with Crippen LogP contribution in [0.1, 0.15) is 5.56 Å². The van der Waals surface area contributed by atoms with Crippen molar-refractivity contribution in [2.45, 2.75) is 22.8 Å². The number of benzene rings is 2. The van der Waals surface area contributed by atoms with Crippen molar-refractivity contribution in [3.63, 3.8) is 0 Å². The Morgan fingerprint density at radius 3 is 2.16 bits per heavy atom. The number of nitrogens with two attached hydrogens (primary N) is 2. The van der Waals surface area contributed by atoms with Gasteiger partial charge in [0.1, 0.15) is 35.7 Å². The molecule has 0 amide bonds. The van der Waals surface area contributed by atoms with E-state index in [0.29, 0.717) is 11.3 Å². The second-order valence-electron chi connectivity index (χ2n) is 6.54. The highest BCUT2D eigenvalue weighted by Crippen LogP contribution is 2.24. The fourth-order valence-electron chi connectivity index (χ4n) is 2.28. The molecule has 0 bridgehead atoms. The van der Waals surface area contributed by atoms with Crippen molar-refractivity contribution in [2.75, 3.05) is 19.5 Å². The van der Waals surface area contributed by atoms with E-state index in [0.717, 1.165) is 12.3 Å². The molecule has 2 aromatic rings. The van der Waals surface area contributed by atoms with Crippen LogP contribution in [0, 0.1) is 6.92 Å². The molecule has 0 spiro atoms. The quantitative estimate of drug-likeness (QED) is 0.185. The Kier molecular flexibility index (Phi) is 7.70. The molecule has 0 heterocycles. The zero-order valence-electron chi connectivity index (χ0n) is 16.8. The number of aryl methyl sites for hydroxylation is 1. The van der Waals surface area contributed by atoms with Crippen LogP contribution in [0.4, 0.5) is 0 Å². The van der Waals surface area contributed by atoms with Crippen LogP contribution in [0.5, 0.6) is 11.5 Å². The molecule has 170 valence electrons. The molecule has 0 aliphatic heterocycles. The third-order valence-electron chi connectivity index (χ3n) is 3.65. The summed E-state index contributed by atoms with van der Waals surface area (Å²) in [4.78, 5) is 4.28. The van der Waals surface area contributed by atoms with Gasteiger partial charge in [0, 0.05) is 6.26 Å². The number of oxime groups is 1. The summed E-state index contributed by atoms with van der Waals surface area (Å²) >= 11 is 0. The lowest BCUT2D eigenvalue weighted by Gasteiger charge is -2.12. The van der Waals surface area contributed by atoms with Crippen molar-refractivity contribution in [1.82, 2.24) is 0 Å². The lowest BCUT2D eigenvalue weighted by atomic mass is 10.2. The third kappa shape index (κ3) is 7.62. The summed E-state index contributed by atoms with van der Waals surface area (Å²) in [6.07, 6.45) is -0.0217. The second-order valence-corrected chi connectivity index (χ2v) is 10.1. The average molecular weight is 474 g/mol. The van der Waals surface area contributed by atoms with E-state index in [1.165, 1.54) is 36.4 Å². The number of nitrogens with zero attached hydrogens (tertiary/aromatic N) is 1. The van der Waals surface area contributed by atoms with Gasteiger partial charge in [-0.15, -0.1) is 0 Å². The van der Waals surface area contributed by atoms with Crippen molar-refractivity contribution >= 4 is 25.9 Å². The molecule has 11 nitrogen and oxygen atoms in total. The smallest absolute Gasteiger partial charge is 0.339 e. The van der Waals surface area contributed by atoms with E-state index < -0.39 is 26.1 Å². The van der Waals surface area contributed by atoms with Crippen LogP contribution >= 0.6 is 0 Å². The summed E-state index contributed by atoms with van der Waals surface area (Å²) in [5, 5.41) is 13.0. The van der Waals surface area contributed by atoms with Crippen molar-refractivity contribution in [3.8, 4) is 11.5 Å². The largest absolute Gasteiger partial charge is 0.491 e. The predicted molar refractivity (Wildman–Crippen MR) is 112 cm³/mol. The Bertz CT molecular complexity index is 1140. The molecule has 5 N–H and O–H groups in total. The monoisotopic (exact) mass is 473 g/mol. The summed E-state index contributed by atoms with van der Waals surface area (Å²) in [6.45, 7) is 1.26. The molecule has 0 saturated heterocycles. The maximum atomic E-state index is 12.6. The molecule has 1 unspecified atom stereocenters. The maximum Gasteiger partial charge on any atom is 0.339 e. The summed E-state index contributed by atoms with van der Waals surface area (Å²) in [7, 11) is -7.86. The molecule has 0 aliphatic carbocycles. The Morgan fingerprint density at radius 2 is 1.58 bits per heavy atom. The van der Waals surface area contributed by atoms with E-state index in [1.54, 1.807) is 6.92 Å². The van der Waals surface area contributed by atoms with Crippen LogP contribution < -0.4 is 20.4 Å². The van der Waals surface area contributed by atoms with Gasteiger partial charge < -0.3 is 30.3 Å². The minimum atomic E-state index is -4.27. The Labute approximate surface area is 180 Å². The van der Waals surface area contributed by atoms with Gasteiger partial charge >= 0.3 is 10.1 Å². The van der Waals surface area contributed by atoms with E-state index in [2.05, 4.69) is 9.99 Å². The van der Waals surface area contributed by atoms with Crippen molar-refractivity contribution in [2.24, 2.45) is 16.6 Å². The normalized spacial score (nSPS) is 12.6. The van der Waals surface area contributed by atoms with Gasteiger partial charge in [-0.1, -0.05) is 0 Å². The number of aliphatic hydroxyl groups is 1. The van der Waals surface area contributed by atoms with E-state index in [4.69, 9.17) is 20.4 Å². The molecule has 1 atom stereocenters. The average Bonchev–Trinajstić information content (AvgIpc) is 2.66. The van der Waals surface area contributed by atoms with E-state index in [9.17, 15) is 21.9 Å². The molecule has 0 aliphatic rings. The summed E-state index contributed by atoms with van der Waals surface area (Å²) in [6, 6.07) is 9.30. The second kappa shape index (κ2) is 9.85. The number of sulfone groups is 1. The molecule has 0 aromatic heterocycles. The first-order chi connectivity index (χ1) is 14.4. The van der Waals surface area contributed by atoms with Crippen LogP contribution in [-0.2, 0) is 24.8 Å². The van der Waals surface area contributed by atoms with Gasteiger partial charge in [0.2, 0.25) is 5.96 Å². The predicted octanol–water partition coefficient (Wildman–Crippen LogP) is 0.111. The van der Waals surface area contributed by atoms with Gasteiger partial charge in [0.25, 0.3) is 0 Å². The molecular weight excluding hydrogens is 450 g/mol. The van der Waals surface area contributed by atoms with Crippen LogP contribution in [0.15, 0.2) is 57.4 Å². The molecule has 13 heteroatoms. The molecule has 2 rings (SSSR count). The first-order valence-electron chi connectivity index (χ1n) is 8.75. The van der Waals surface area contributed by atoms with Crippen LogP contribution in [0.3, 0.4) is 0 Å². The highest BCUT2D eigenvalue weighted by molar-refractivity contribution is 7.90. The maximum absolute atomic E-state index is 12.6. The molecule has 31 heavy (non-hydrogen) atoms. The molecule has 0 saturated carbocycles. The summed E-state index contributed by atoms with van der Waals surface area (Å²) < 4.78 is 59.1. The highest BCUT2D eigenvalue weighted by Gasteiger charge is 2.20. The molecule has 0 radical (unpaired) electrons.